The average Bonchev–Trinajstić information content (AvgIpc) is 2.45. The minimum atomic E-state index is -0.178. The van der Waals surface area contributed by atoms with E-state index in [0.717, 1.165) is 23.8 Å². The summed E-state index contributed by atoms with van der Waals surface area (Å²) in [6.45, 7) is 4.44. The van der Waals surface area contributed by atoms with Gasteiger partial charge in [0.15, 0.2) is 0 Å². The van der Waals surface area contributed by atoms with Crippen molar-refractivity contribution in [1.29, 1.82) is 0 Å². The maximum absolute atomic E-state index is 13.8. The number of hydrogen-bond donors (Lipinski definition) is 2. The number of fused-ring (bicyclic) bond motifs is 1. The highest BCUT2D eigenvalue weighted by atomic mass is 19.1. The highest BCUT2D eigenvalue weighted by Crippen LogP contribution is 2.29. The highest BCUT2D eigenvalue weighted by Gasteiger charge is 2.14. The van der Waals surface area contributed by atoms with Gasteiger partial charge in [-0.05, 0) is 29.4 Å². The maximum Gasteiger partial charge on any atom is 0.131 e. The van der Waals surface area contributed by atoms with Crippen LogP contribution < -0.4 is 11.3 Å². The summed E-state index contributed by atoms with van der Waals surface area (Å²) < 4.78 is 13.8. The fraction of sp³-hybridized carbons (Fsp3) is 0.412. The Kier molecular flexibility index (Phi) is 5.10. The Morgan fingerprint density at radius 2 is 1.75 bits per heavy atom. The van der Waals surface area contributed by atoms with Crippen LogP contribution in [0.2, 0.25) is 0 Å². The first-order valence-corrected chi connectivity index (χ1v) is 7.26. The molecule has 1 atom stereocenters. The topological polar surface area (TPSA) is 38.0 Å². The molecule has 3 heteroatoms. The molecule has 108 valence electrons. The third kappa shape index (κ3) is 3.35. The quantitative estimate of drug-likeness (QED) is 0.608. The minimum absolute atomic E-state index is 0.0688. The summed E-state index contributed by atoms with van der Waals surface area (Å²) in [5.41, 5.74) is 3.96. The number of nitrogens with one attached hydrogen (secondary N) is 1. The van der Waals surface area contributed by atoms with Crippen LogP contribution in [0.1, 0.15) is 44.7 Å². The van der Waals surface area contributed by atoms with Crippen molar-refractivity contribution in [1.82, 2.24) is 5.43 Å². The van der Waals surface area contributed by atoms with E-state index in [1.165, 1.54) is 12.5 Å². The van der Waals surface area contributed by atoms with E-state index in [2.05, 4.69) is 19.3 Å². The molecule has 0 saturated heterocycles. The Balaban J connectivity index is 2.28. The number of nitrogens with two attached hydrogens (primary N) is 1. The number of rotatable bonds is 6. The standard InChI is InChI=1S/C17H23FN2/c1-12(2)6-5-9-17(20-19)15-10-11-16(18)14-8-4-3-7-13(14)15/h3-4,7-8,10-12,17,20H,5-6,9,19H2,1-2H3. The van der Waals surface area contributed by atoms with E-state index in [-0.39, 0.29) is 11.9 Å². The van der Waals surface area contributed by atoms with Crippen molar-refractivity contribution in [2.24, 2.45) is 11.8 Å². The van der Waals surface area contributed by atoms with Crippen molar-refractivity contribution < 1.29 is 4.39 Å². The van der Waals surface area contributed by atoms with E-state index in [0.29, 0.717) is 11.3 Å². The molecule has 3 N–H and O–H groups in total. The van der Waals surface area contributed by atoms with Gasteiger partial charge in [-0.3, -0.25) is 11.3 Å². The molecule has 0 bridgehead atoms. The molecule has 2 nitrogen and oxygen atoms in total. The van der Waals surface area contributed by atoms with Crippen molar-refractivity contribution >= 4 is 10.8 Å². The Hall–Kier alpha value is -1.45. The second kappa shape index (κ2) is 6.82. The van der Waals surface area contributed by atoms with Gasteiger partial charge in [-0.15, -0.1) is 0 Å². The molecule has 0 fully saturated rings. The summed E-state index contributed by atoms with van der Waals surface area (Å²) in [6, 6.07) is 11.0. The van der Waals surface area contributed by atoms with Crippen molar-refractivity contribution in [3.63, 3.8) is 0 Å². The van der Waals surface area contributed by atoms with Crippen molar-refractivity contribution in [3.05, 3.63) is 47.8 Å². The Morgan fingerprint density at radius 1 is 1.05 bits per heavy atom. The largest absolute Gasteiger partial charge is 0.271 e. The van der Waals surface area contributed by atoms with Crippen molar-refractivity contribution in [2.75, 3.05) is 0 Å². The number of hydrogen-bond acceptors (Lipinski definition) is 2. The molecule has 0 heterocycles. The zero-order valence-electron chi connectivity index (χ0n) is 12.2. The van der Waals surface area contributed by atoms with Crippen LogP contribution in [0.3, 0.4) is 0 Å². The smallest absolute Gasteiger partial charge is 0.131 e. The van der Waals surface area contributed by atoms with Gasteiger partial charge < -0.3 is 0 Å². The zero-order chi connectivity index (χ0) is 14.5. The van der Waals surface area contributed by atoms with E-state index in [9.17, 15) is 4.39 Å². The number of hydrazine groups is 1. The second-order valence-electron chi connectivity index (χ2n) is 5.73. The van der Waals surface area contributed by atoms with Crippen LogP contribution in [0.5, 0.6) is 0 Å². The lowest BCUT2D eigenvalue weighted by molar-refractivity contribution is 0.456. The molecule has 20 heavy (non-hydrogen) atoms. The van der Waals surface area contributed by atoms with E-state index >= 15 is 0 Å². The van der Waals surface area contributed by atoms with Gasteiger partial charge in [0.25, 0.3) is 0 Å². The average molecular weight is 274 g/mol. The summed E-state index contributed by atoms with van der Waals surface area (Å²) in [7, 11) is 0. The molecule has 2 aromatic carbocycles. The molecule has 0 aromatic heterocycles. The van der Waals surface area contributed by atoms with Crippen LogP contribution >= 0.6 is 0 Å². The van der Waals surface area contributed by atoms with E-state index in [1.807, 2.05) is 30.3 Å². The Morgan fingerprint density at radius 3 is 2.40 bits per heavy atom. The van der Waals surface area contributed by atoms with Crippen molar-refractivity contribution in [2.45, 2.75) is 39.2 Å². The normalized spacial score (nSPS) is 13.1. The third-order valence-electron chi connectivity index (χ3n) is 3.76. The van der Waals surface area contributed by atoms with Gasteiger partial charge in [-0.25, -0.2) is 4.39 Å². The molecule has 0 aliphatic heterocycles. The molecule has 0 aliphatic carbocycles. The van der Waals surface area contributed by atoms with Crippen LogP contribution in [-0.2, 0) is 0 Å². The van der Waals surface area contributed by atoms with Gasteiger partial charge in [0, 0.05) is 11.4 Å². The fourth-order valence-electron chi connectivity index (χ4n) is 2.65. The van der Waals surface area contributed by atoms with Crippen LogP contribution in [0.25, 0.3) is 10.8 Å². The molecule has 2 rings (SSSR count). The molecule has 1 unspecified atom stereocenters. The Labute approximate surface area is 120 Å². The molecule has 0 spiro atoms. The fourth-order valence-corrected chi connectivity index (χ4v) is 2.65. The summed E-state index contributed by atoms with van der Waals surface area (Å²) in [5.74, 6) is 6.22. The van der Waals surface area contributed by atoms with Gasteiger partial charge >= 0.3 is 0 Å². The summed E-state index contributed by atoms with van der Waals surface area (Å²) in [6.07, 6.45) is 3.25. The minimum Gasteiger partial charge on any atom is -0.271 e. The maximum atomic E-state index is 13.8. The number of benzene rings is 2. The van der Waals surface area contributed by atoms with Crippen molar-refractivity contribution in [3.8, 4) is 0 Å². The lowest BCUT2D eigenvalue weighted by Gasteiger charge is -2.19. The lowest BCUT2D eigenvalue weighted by atomic mass is 9.94. The molecular weight excluding hydrogens is 251 g/mol. The van der Waals surface area contributed by atoms with Gasteiger partial charge in [0.1, 0.15) is 5.82 Å². The van der Waals surface area contributed by atoms with Gasteiger partial charge in [-0.2, -0.15) is 0 Å². The molecule has 2 aromatic rings. The van der Waals surface area contributed by atoms with Crippen LogP contribution in [0.4, 0.5) is 4.39 Å². The van der Waals surface area contributed by atoms with Crippen LogP contribution in [0, 0.1) is 11.7 Å². The lowest BCUT2D eigenvalue weighted by Crippen LogP contribution is -2.28. The first-order valence-electron chi connectivity index (χ1n) is 7.26. The molecular formula is C17H23FN2. The molecule has 0 radical (unpaired) electrons. The second-order valence-corrected chi connectivity index (χ2v) is 5.73. The molecule has 0 amide bonds. The van der Waals surface area contributed by atoms with Gasteiger partial charge in [-0.1, -0.05) is 57.0 Å². The number of halogens is 1. The van der Waals surface area contributed by atoms with E-state index < -0.39 is 0 Å². The van der Waals surface area contributed by atoms with Crippen LogP contribution in [0.15, 0.2) is 36.4 Å². The Bertz CT molecular complexity index is 566. The molecule has 0 saturated carbocycles. The summed E-state index contributed by atoms with van der Waals surface area (Å²) >= 11 is 0. The zero-order valence-corrected chi connectivity index (χ0v) is 12.2. The van der Waals surface area contributed by atoms with Crippen LogP contribution in [-0.4, -0.2) is 0 Å². The van der Waals surface area contributed by atoms with Gasteiger partial charge in [0.05, 0.1) is 0 Å². The van der Waals surface area contributed by atoms with E-state index in [4.69, 9.17) is 5.84 Å². The predicted molar refractivity (Wildman–Crippen MR) is 82.7 cm³/mol. The van der Waals surface area contributed by atoms with Gasteiger partial charge in [0.2, 0.25) is 0 Å². The molecule has 0 aliphatic rings. The first kappa shape index (κ1) is 14.9. The SMILES string of the molecule is CC(C)CCCC(NN)c1ccc(F)c2ccccc12. The summed E-state index contributed by atoms with van der Waals surface area (Å²) in [5, 5.41) is 1.61. The first-order chi connectivity index (χ1) is 9.63. The van der Waals surface area contributed by atoms with E-state index in [1.54, 1.807) is 0 Å². The third-order valence-corrected chi connectivity index (χ3v) is 3.76. The predicted octanol–water partition coefficient (Wildman–Crippen LogP) is 4.31. The highest BCUT2D eigenvalue weighted by molar-refractivity contribution is 5.86. The monoisotopic (exact) mass is 274 g/mol. The summed E-state index contributed by atoms with van der Waals surface area (Å²) in [4.78, 5) is 0.